The van der Waals surface area contributed by atoms with Gasteiger partial charge < -0.3 is 0 Å². The summed E-state index contributed by atoms with van der Waals surface area (Å²) in [5.74, 6) is 2.44. The first-order valence-corrected chi connectivity index (χ1v) is 7.42. The molecule has 2 fully saturated rings. The molecule has 2 nitrogen and oxygen atoms in total. The van der Waals surface area contributed by atoms with Crippen LogP contribution < -0.4 is 0 Å². The van der Waals surface area contributed by atoms with Crippen LogP contribution in [0.25, 0.3) is 0 Å². The minimum atomic E-state index is 0.258. The molecular weight excluding hydrogens is 210 g/mol. The van der Waals surface area contributed by atoms with E-state index in [2.05, 4.69) is 25.7 Å². The highest BCUT2D eigenvalue weighted by Gasteiger charge is 2.46. The van der Waals surface area contributed by atoms with E-state index in [-0.39, 0.29) is 6.04 Å². The Kier molecular flexibility index (Phi) is 4.24. The Morgan fingerprint density at radius 1 is 1.29 bits per heavy atom. The predicted octanol–water partition coefficient (Wildman–Crippen LogP) is 3.11. The summed E-state index contributed by atoms with van der Waals surface area (Å²) in [5, 5.41) is 0. The summed E-state index contributed by atoms with van der Waals surface area (Å²) < 4.78 is 0. The standard InChI is InChI=1S/C15H27NO/c1-4-7-12-10-13(17)15(14(12)11(2)3)16-8-5-6-9-16/h11-12,14-15H,4-10H2,1-3H3/t12-,14-,15+/m0/s1. The zero-order valence-electron chi connectivity index (χ0n) is 11.6. The first-order chi connectivity index (χ1) is 8.15. The summed E-state index contributed by atoms with van der Waals surface area (Å²) in [6, 6.07) is 0.258. The molecule has 1 aliphatic carbocycles. The zero-order chi connectivity index (χ0) is 12.4. The van der Waals surface area contributed by atoms with E-state index in [1.807, 2.05) is 0 Å². The normalized spacial score (nSPS) is 35.1. The van der Waals surface area contributed by atoms with Gasteiger partial charge in [-0.05, 0) is 50.1 Å². The Hall–Kier alpha value is -0.370. The molecule has 3 atom stereocenters. The van der Waals surface area contributed by atoms with Gasteiger partial charge in [-0.1, -0.05) is 27.2 Å². The summed E-state index contributed by atoms with van der Waals surface area (Å²) in [6.07, 6.45) is 5.87. The second kappa shape index (κ2) is 5.51. The Labute approximate surface area is 106 Å². The fourth-order valence-electron chi connectivity index (χ4n) is 4.03. The van der Waals surface area contributed by atoms with Crippen LogP contribution in [0.4, 0.5) is 0 Å². The lowest BCUT2D eigenvalue weighted by atomic mass is 9.81. The average Bonchev–Trinajstić information content (AvgIpc) is 2.85. The monoisotopic (exact) mass is 237 g/mol. The van der Waals surface area contributed by atoms with Crippen molar-refractivity contribution >= 4 is 5.78 Å². The van der Waals surface area contributed by atoms with E-state index in [4.69, 9.17) is 0 Å². The molecule has 1 heterocycles. The van der Waals surface area contributed by atoms with Gasteiger partial charge in [0.05, 0.1) is 6.04 Å². The molecule has 0 unspecified atom stereocenters. The molecule has 0 N–H and O–H groups in total. The van der Waals surface area contributed by atoms with E-state index >= 15 is 0 Å². The first kappa shape index (κ1) is 13.1. The highest BCUT2D eigenvalue weighted by atomic mass is 16.1. The zero-order valence-corrected chi connectivity index (χ0v) is 11.6. The van der Waals surface area contributed by atoms with Gasteiger partial charge >= 0.3 is 0 Å². The third-order valence-corrected chi connectivity index (χ3v) is 4.67. The van der Waals surface area contributed by atoms with Crippen molar-refractivity contribution in [1.82, 2.24) is 4.90 Å². The minimum Gasteiger partial charge on any atom is -0.298 e. The van der Waals surface area contributed by atoms with Crippen molar-refractivity contribution < 1.29 is 4.79 Å². The molecule has 2 rings (SSSR count). The second-order valence-electron chi connectivity index (χ2n) is 6.23. The van der Waals surface area contributed by atoms with Crippen molar-refractivity contribution in [2.75, 3.05) is 13.1 Å². The van der Waals surface area contributed by atoms with E-state index in [9.17, 15) is 4.79 Å². The molecule has 0 spiro atoms. The summed E-state index contributed by atoms with van der Waals surface area (Å²) in [5.41, 5.74) is 0. The number of ketones is 1. The summed E-state index contributed by atoms with van der Waals surface area (Å²) in [6.45, 7) is 9.14. The van der Waals surface area contributed by atoms with Gasteiger partial charge in [-0.25, -0.2) is 0 Å². The van der Waals surface area contributed by atoms with Crippen LogP contribution >= 0.6 is 0 Å². The SMILES string of the molecule is CCC[C@H]1CC(=O)[C@@H](N2CCCC2)[C@H]1C(C)C. The molecule has 0 aromatic heterocycles. The molecule has 1 saturated carbocycles. The topological polar surface area (TPSA) is 20.3 Å². The molecule has 2 aliphatic rings. The molecule has 98 valence electrons. The van der Waals surface area contributed by atoms with Gasteiger partial charge in [0.15, 0.2) is 5.78 Å². The summed E-state index contributed by atoms with van der Waals surface area (Å²) in [7, 11) is 0. The average molecular weight is 237 g/mol. The quantitative estimate of drug-likeness (QED) is 0.749. The van der Waals surface area contributed by atoms with Crippen LogP contribution in [0.1, 0.15) is 52.9 Å². The lowest BCUT2D eigenvalue weighted by Gasteiger charge is -2.33. The van der Waals surface area contributed by atoms with Crippen LogP contribution in [0.15, 0.2) is 0 Å². The van der Waals surface area contributed by atoms with Crippen molar-refractivity contribution in [2.45, 2.75) is 58.9 Å². The van der Waals surface area contributed by atoms with Crippen LogP contribution in [0, 0.1) is 17.8 Å². The Bertz CT molecular complexity index is 268. The Balaban J connectivity index is 2.13. The van der Waals surface area contributed by atoms with Crippen LogP contribution in [0.2, 0.25) is 0 Å². The van der Waals surface area contributed by atoms with Crippen molar-refractivity contribution in [3.05, 3.63) is 0 Å². The number of likely N-dealkylation sites (tertiary alicyclic amines) is 1. The molecule has 1 saturated heterocycles. The van der Waals surface area contributed by atoms with Gasteiger partial charge in [-0.15, -0.1) is 0 Å². The maximum absolute atomic E-state index is 12.3. The third-order valence-electron chi connectivity index (χ3n) is 4.67. The van der Waals surface area contributed by atoms with E-state index in [1.54, 1.807) is 0 Å². The molecule has 0 aromatic carbocycles. The molecular formula is C15H27NO. The number of hydrogen-bond acceptors (Lipinski definition) is 2. The van der Waals surface area contributed by atoms with Crippen molar-refractivity contribution in [2.24, 2.45) is 17.8 Å². The van der Waals surface area contributed by atoms with Crippen LogP contribution in [-0.2, 0) is 4.79 Å². The van der Waals surface area contributed by atoms with Crippen molar-refractivity contribution in [1.29, 1.82) is 0 Å². The molecule has 2 heteroatoms. The van der Waals surface area contributed by atoms with Crippen LogP contribution in [-0.4, -0.2) is 29.8 Å². The number of carbonyl (C=O) groups is 1. The number of hydrogen-bond donors (Lipinski definition) is 0. The molecule has 0 bridgehead atoms. The maximum atomic E-state index is 12.3. The third kappa shape index (κ3) is 2.57. The molecule has 17 heavy (non-hydrogen) atoms. The first-order valence-electron chi connectivity index (χ1n) is 7.42. The van der Waals surface area contributed by atoms with Gasteiger partial charge in [0.1, 0.15) is 0 Å². The number of Topliss-reactive ketones (excluding diaryl/α,β-unsaturated/α-hetero) is 1. The Morgan fingerprint density at radius 2 is 1.94 bits per heavy atom. The number of rotatable bonds is 4. The van der Waals surface area contributed by atoms with Crippen LogP contribution in [0.3, 0.4) is 0 Å². The molecule has 0 amide bonds. The number of carbonyl (C=O) groups excluding carboxylic acids is 1. The van der Waals surface area contributed by atoms with Crippen molar-refractivity contribution in [3.8, 4) is 0 Å². The van der Waals surface area contributed by atoms with Crippen LogP contribution in [0.5, 0.6) is 0 Å². The van der Waals surface area contributed by atoms with Gasteiger partial charge in [-0.2, -0.15) is 0 Å². The molecule has 0 aromatic rings. The summed E-state index contributed by atoms with van der Waals surface area (Å²) >= 11 is 0. The fraction of sp³-hybridized carbons (Fsp3) is 0.933. The minimum absolute atomic E-state index is 0.258. The lowest BCUT2D eigenvalue weighted by Crippen LogP contribution is -2.43. The van der Waals surface area contributed by atoms with E-state index in [0.29, 0.717) is 23.5 Å². The fourth-order valence-corrected chi connectivity index (χ4v) is 4.03. The Morgan fingerprint density at radius 3 is 2.47 bits per heavy atom. The van der Waals surface area contributed by atoms with E-state index < -0.39 is 0 Å². The van der Waals surface area contributed by atoms with Gasteiger partial charge in [-0.3, -0.25) is 9.69 Å². The van der Waals surface area contributed by atoms with E-state index in [1.165, 1.54) is 25.7 Å². The van der Waals surface area contributed by atoms with Gasteiger partial charge in [0.25, 0.3) is 0 Å². The smallest absolute Gasteiger partial charge is 0.150 e. The largest absolute Gasteiger partial charge is 0.298 e. The molecule has 1 aliphatic heterocycles. The highest BCUT2D eigenvalue weighted by Crippen LogP contribution is 2.41. The van der Waals surface area contributed by atoms with E-state index in [0.717, 1.165) is 19.5 Å². The summed E-state index contributed by atoms with van der Waals surface area (Å²) in [4.78, 5) is 14.8. The van der Waals surface area contributed by atoms with Crippen molar-refractivity contribution in [3.63, 3.8) is 0 Å². The maximum Gasteiger partial charge on any atom is 0.150 e. The van der Waals surface area contributed by atoms with Gasteiger partial charge in [0.2, 0.25) is 0 Å². The predicted molar refractivity (Wildman–Crippen MR) is 70.9 cm³/mol. The number of nitrogens with zero attached hydrogens (tertiary/aromatic N) is 1. The lowest BCUT2D eigenvalue weighted by molar-refractivity contribution is -0.122. The highest BCUT2D eigenvalue weighted by molar-refractivity contribution is 5.87. The molecule has 0 radical (unpaired) electrons. The second-order valence-corrected chi connectivity index (χ2v) is 6.23. The van der Waals surface area contributed by atoms with Gasteiger partial charge in [0, 0.05) is 6.42 Å².